The van der Waals surface area contributed by atoms with Crippen LogP contribution in [0.3, 0.4) is 0 Å². The number of rotatable bonds is 5. The van der Waals surface area contributed by atoms with Gasteiger partial charge in [0, 0.05) is 12.6 Å². The van der Waals surface area contributed by atoms with Gasteiger partial charge in [-0.2, -0.15) is 11.8 Å². The highest BCUT2D eigenvalue weighted by atomic mass is 32.2. The van der Waals surface area contributed by atoms with Crippen molar-refractivity contribution in [2.45, 2.75) is 26.8 Å². The zero-order chi connectivity index (χ0) is 10.3. The second-order valence-electron chi connectivity index (χ2n) is 3.57. The molecule has 0 bridgehead atoms. The molecule has 1 atom stereocenters. The van der Waals surface area contributed by atoms with E-state index in [1.807, 2.05) is 13.8 Å². The molecule has 0 saturated carbocycles. The molecule has 0 saturated heterocycles. The van der Waals surface area contributed by atoms with E-state index in [9.17, 15) is 4.79 Å². The molecule has 0 spiro atoms. The molecule has 13 heavy (non-hydrogen) atoms. The van der Waals surface area contributed by atoms with E-state index in [2.05, 4.69) is 23.8 Å². The van der Waals surface area contributed by atoms with Crippen LogP contribution in [0.5, 0.6) is 0 Å². The topological polar surface area (TPSA) is 41.1 Å². The minimum absolute atomic E-state index is 0.0667. The molecule has 0 aliphatic rings. The highest BCUT2D eigenvalue weighted by Gasteiger charge is 2.04. The zero-order valence-electron chi connectivity index (χ0n) is 8.89. The van der Waals surface area contributed by atoms with Crippen LogP contribution in [0.1, 0.15) is 20.8 Å². The SMILES string of the molecule is CSCC(C)CNC(=O)NC(C)C. The lowest BCUT2D eigenvalue weighted by atomic mass is 10.2. The van der Waals surface area contributed by atoms with Gasteiger partial charge in [0.15, 0.2) is 0 Å². The summed E-state index contributed by atoms with van der Waals surface area (Å²) in [5, 5.41) is 5.62. The first-order valence-corrected chi connectivity index (χ1v) is 5.99. The van der Waals surface area contributed by atoms with Crippen LogP contribution in [0, 0.1) is 5.92 Å². The summed E-state index contributed by atoms with van der Waals surface area (Å²) < 4.78 is 0. The first-order chi connectivity index (χ1) is 6.06. The van der Waals surface area contributed by atoms with Crippen molar-refractivity contribution in [2.24, 2.45) is 5.92 Å². The Bertz CT molecular complexity index is 151. The number of thioether (sulfide) groups is 1. The standard InChI is InChI=1S/C9H20N2OS/c1-7(2)11-9(12)10-5-8(3)6-13-4/h7-8H,5-6H2,1-4H3,(H2,10,11,12). The van der Waals surface area contributed by atoms with Crippen LogP contribution in [0.4, 0.5) is 4.79 Å². The molecule has 0 aromatic rings. The fourth-order valence-corrected chi connectivity index (χ4v) is 1.61. The van der Waals surface area contributed by atoms with E-state index >= 15 is 0 Å². The Kier molecular flexibility index (Phi) is 6.86. The Morgan fingerprint density at radius 2 is 2.00 bits per heavy atom. The van der Waals surface area contributed by atoms with E-state index in [4.69, 9.17) is 0 Å². The summed E-state index contributed by atoms with van der Waals surface area (Å²) in [4.78, 5) is 11.1. The molecule has 0 aliphatic heterocycles. The molecule has 0 rings (SSSR count). The Morgan fingerprint density at radius 3 is 2.46 bits per heavy atom. The van der Waals surface area contributed by atoms with Gasteiger partial charge in [0.1, 0.15) is 0 Å². The lowest BCUT2D eigenvalue weighted by Gasteiger charge is -2.13. The van der Waals surface area contributed by atoms with Crippen LogP contribution in [-0.4, -0.2) is 30.6 Å². The highest BCUT2D eigenvalue weighted by Crippen LogP contribution is 2.02. The second kappa shape index (κ2) is 7.06. The maximum atomic E-state index is 11.1. The van der Waals surface area contributed by atoms with Gasteiger partial charge in [0.25, 0.3) is 0 Å². The average Bonchev–Trinajstić information content (AvgIpc) is 2.00. The molecule has 2 amide bonds. The Hall–Kier alpha value is -0.380. The normalized spacial score (nSPS) is 12.7. The molecule has 0 aromatic heterocycles. The van der Waals surface area contributed by atoms with E-state index in [1.54, 1.807) is 11.8 Å². The van der Waals surface area contributed by atoms with Crippen LogP contribution in [0.15, 0.2) is 0 Å². The van der Waals surface area contributed by atoms with Crippen LogP contribution in [0.2, 0.25) is 0 Å². The summed E-state index contributed by atoms with van der Waals surface area (Å²) in [6.45, 7) is 6.78. The maximum absolute atomic E-state index is 11.1. The zero-order valence-corrected chi connectivity index (χ0v) is 9.70. The summed E-state index contributed by atoms with van der Waals surface area (Å²) in [5.74, 6) is 1.62. The van der Waals surface area contributed by atoms with Crippen molar-refractivity contribution in [3.63, 3.8) is 0 Å². The predicted molar refractivity (Wildman–Crippen MR) is 59.2 cm³/mol. The van der Waals surface area contributed by atoms with Crippen molar-refractivity contribution in [3.8, 4) is 0 Å². The van der Waals surface area contributed by atoms with Crippen molar-refractivity contribution in [1.82, 2.24) is 10.6 Å². The van der Waals surface area contributed by atoms with Gasteiger partial charge in [-0.15, -0.1) is 0 Å². The van der Waals surface area contributed by atoms with Gasteiger partial charge in [0.2, 0.25) is 0 Å². The molecule has 0 aliphatic carbocycles. The van der Waals surface area contributed by atoms with Crippen molar-refractivity contribution in [3.05, 3.63) is 0 Å². The van der Waals surface area contributed by atoms with E-state index in [0.29, 0.717) is 5.92 Å². The molecule has 1 unspecified atom stereocenters. The molecule has 3 nitrogen and oxygen atoms in total. The van der Waals surface area contributed by atoms with E-state index in [0.717, 1.165) is 12.3 Å². The number of hydrogen-bond donors (Lipinski definition) is 2. The molecular formula is C9H20N2OS. The fraction of sp³-hybridized carbons (Fsp3) is 0.889. The monoisotopic (exact) mass is 204 g/mol. The second-order valence-corrected chi connectivity index (χ2v) is 4.48. The summed E-state index contributed by atoms with van der Waals surface area (Å²) in [5.41, 5.74) is 0. The van der Waals surface area contributed by atoms with Gasteiger partial charge < -0.3 is 10.6 Å². The quantitative estimate of drug-likeness (QED) is 0.715. The van der Waals surface area contributed by atoms with Gasteiger partial charge in [0.05, 0.1) is 0 Å². The van der Waals surface area contributed by atoms with E-state index in [1.165, 1.54) is 0 Å². The first kappa shape index (κ1) is 12.6. The number of carbonyl (C=O) groups is 1. The first-order valence-electron chi connectivity index (χ1n) is 4.59. The van der Waals surface area contributed by atoms with Crippen LogP contribution in [0.25, 0.3) is 0 Å². The van der Waals surface area contributed by atoms with E-state index < -0.39 is 0 Å². The highest BCUT2D eigenvalue weighted by molar-refractivity contribution is 7.98. The van der Waals surface area contributed by atoms with Crippen LogP contribution in [-0.2, 0) is 0 Å². The average molecular weight is 204 g/mol. The minimum atomic E-state index is -0.0667. The number of amides is 2. The van der Waals surface area contributed by atoms with Gasteiger partial charge >= 0.3 is 6.03 Å². The van der Waals surface area contributed by atoms with E-state index in [-0.39, 0.29) is 12.1 Å². The molecule has 0 fully saturated rings. The van der Waals surface area contributed by atoms with Gasteiger partial charge in [-0.25, -0.2) is 4.79 Å². The van der Waals surface area contributed by atoms with Crippen molar-refractivity contribution >= 4 is 17.8 Å². The van der Waals surface area contributed by atoms with Crippen LogP contribution < -0.4 is 10.6 Å². The predicted octanol–water partition coefficient (Wildman–Crippen LogP) is 1.69. The van der Waals surface area contributed by atoms with Gasteiger partial charge in [-0.1, -0.05) is 6.92 Å². The lowest BCUT2D eigenvalue weighted by molar-refractivity contribution is 0.237. The lowest BCUT2D eigenvalue weighted by Crippen LogP contribution is -2.41. The molecule has 2 N–H and O–H groups in total. The molecule has 78 valence electrons. The van der Waals surface area contributed by atoms with Gasteiger partial charge in [-0.05, 0) is 31.8 Å². The molecule has 4 heteroatoms. The largest absolute Gasteiger partial charge is 0.338 e. The third kappa shape index (κ3) is 7.96. The van der Waals surface area contributed by atoms with Crippen molar-refractivity contribution < 1.29 is 4.79 Å². The fourth-order valence-electron chi connectivity index (χ4n) is 0.924. The third-order valence-corrected chi connectivity index (χ3v) is 2.38. The Balaban J connectivity index is 3.46. The summed E-state index contributed by atoms with van der Waals surface area (Å²) >= 11 is 1.80. The number of urea groups is 1. The molecule has 0 heterocycles. The molecule has 0 radical (unpaired) electrons. The smallest absolute Gasteiger partial charge is 0.314 e. The molecule has 0 aromatic carbocycles. The summed E-state index contributed by atoms with van der Waals surface area (Å²) in [6.07, 6.45) is 2.07. The Morgan fingerprint density at radius 1 is 1.38 bits per heavy atom. The van der Waals surface area contributed by atoms with Crippen LogP contribution >= 0.6 is 11.8 Å². The number of hydrogen-bond acceptors (Lipinski definition) is 2. The van der Waals surface area contributed by atoms with Crippen molar-refractivity contribution in [2.75, 3.05) is 18.6 Å². The Labute approximate surface area is 85.0 Å². The minimum Gasteiger partial charge on any atom is -0.338 e. The van der Waals surface area contributed by atoms with Gasteiger partial charge in [-0.3, -0.25) is 0 Å². The number of carbonyl (C=O) groups excluding carboxylic acids is 1. The summed E-state index contributed by atoms with van der Waals surface area (Å²) in [7, 11) is 0. The third-order valence-electron chi connectivity index (χ3n) is 1.48. The van der Waals surface area contributed by atoms with Crippen molar-refractivity contribution in [1.29, 1.82) is 0 Å². The molecular weight excluding hydrogens is 184 g/mol. The number of nitrogens with one attached hydrogen (secondary N) is 2. The maximum Gasteiger partial charge on any atom is 0.314 e. The summed E-state index contributed by atoms with van der Waals surface area (Å²) in [6, 6.07) is 0.138.